The van der Waals surface area contributed by atoms with Crippen LogP contribution in [0, 0.1) is 0 Å². The van der Waals surface area contributed by atoms with Crippen LogP contribution in [0.2, 0.25) is 0 Å². The van der Waals surface area contributed by atoms with Gasteiger partial charge >= 0.3 is 0 Å². The van der Waals surface area contributed by atoms with Crippen LogP contribution in [-0.2, 0) is 0 Å². The first kappa shape index (κ1) is 8.02. The monoisotopic (exact) mass is 132 g/mol. The Morgan fingerprint density at radius 3 is 1.22 bits per heavy atom. The van der Waals surface area contributed by atoms with Crippen LogP contribution in [0.25, 0.3) is 0 Å². The Balaban J connectivity index is 4.40. The number of rotatable bonds is 1. The van der Waals surface area contributed by atoms with E-state index in [0.717, 1.165) is 0 Å². The molecule has 12 N–H and O–H groups in total. The zero-order valence-corrected chi connectivity index (χ0v) is 4.96. The van der Waals surface area contributed by atoms with Crippen LogP contribution < -0.4 is 34.4 Å². The lowest BCUT2D eigenvalue weighted by Crippen LogP contribution is -2.62. The number of hydrogen-bond donors (Lipinski definition) is 6. The summed E-state index contributed by atoms with van der Waals surface area (Å²) in [7, 11) is 0. The van der Waals surface area contributed by atoms with Crippen molar-refractivity contribution >= 4 is 0 Å². The molecule has 0 aromatic rings. The summed E-state index contributed by atoms with van der Waals surface area (Å²) in [6.45, 7) is 0. The highest BCUT2D eigenvalue weighted by atomic mass is 15.2. The first-order valence-corrected chi connectivity index (χ1v) is 2.23. The Morgan fingerprint density at radius 2 is 1.22 bits per heavy atom. The van der Waals surface area contributed by atoms with Crippen LogP contribution in [0.3, 0.4) is 0 Å². The lowest BCUT2D eigenvalue weighted by Gasteiger charge is -2.19. The van der Waals surface area contributed by atoms with Crippen molar-refractivity contribution in [2.75, 3.05) is 0 Å². The van der Waals surface area contributed by atoms with E-state index >= 15 is 0 Å². The Labute approximate surface area is 52.8 Å². The third-order valence-electron chi connectivity index (χ3n) is 0.778. The van der Waals surface area contributed by atoms with Crippen molar-refractivity contribution in [3.8, 4) is 0 Å². The third-order valence-corrected chi connectivity index (χ3v) is 0.778. The van der Waals surface area contributed by atoms with E-state index in [9.17, 15) is 0 Å². The van der Waals surface area contributed by atoms with Crippen molar-refractivity contribution in [2.24, 2.45) is 34.4 Å². The van der Waals surface area contributed by atoms with Crippen molar-refractivity contribution in [1.29, 1.82) is 0 Å². The SMILES string of the molecule is NC(N)=C(N)C(N)(N)N. The molecule has 0 heterocycles. The molecule has 0 spiro atoms. The predicted octanol–water partition coefficient (Wildman–Crippen LogP) is -3.44. The molecule has 0 aliphatic heterocycles. The van der Waals surface area contributed by atoms with Crippen molar-refractivity contribution in [1.82, 2.24) is 0 Å². The molecule has 0 amide bonds. The molecule has 0 aliphatic carbocycles. The number of nitrogens with two attached hydrogens (primary N) is 6. The molecule has 0 aliphatic rings. The molecule has 0 aromatic heterocycles. The van der Waals surface area contributed by atoms with E-state index in [2.05, 4.69) is 0 Å². The van der Waals surface area contributed by atoms with Gasteiger partial charge in [0.25, 0.3) is 0 Å². The van der Waals surface area contributed by atoms with Crippen LogP contribution in [-0.4, -0.2) is 5.79 Å². The van der Waals surface area contributed by atoms with Gasteiger partial charge in [-0.25, -0.2) is 0 Å². The molecule has 0 saturated carbocycles. The van der Waals surface area contributed by atoms with Gasteiger partial charge in [-0.2, -0.15) is 0 Å². The van der Waals surface area contributed by atoms with Gasteiger partial charge in [-0.15, -0.1) is 0 Å². The minimum absolute atomic E-state index is 0.109. The van der Waals surface area contributed by atoms with E-state index < -0.39 is 5.79 Å². The molecule has 0 atom stereocenters. The molecule has 9 heavy (non-hydrogen) atoms. The standard InChI is InChI=1S/C3H12N6/c4-1(2(5)6)3(7,8)9/h4-9H2. The van der Waals surface area contributed by atoms with E-state index in [-0.39, 0.29) is 11.5 Å². The fraction of sp³-hybridized carbons (Fsp3) is 0.333. The lowest BCUT2D eigenvalue weighted by atomic mass is 10.3. The van der Waals surface area contributed by atoms with Crippen LogP contribution in [0.4, 0.5) is 0 Å². The quantitative estimate of drug-likeness (QED) is 0.204. The molecule has 0 rings (SSSR count). The summed E-state index contributed by atoms with van der Waals surface area (Å²) in [5.41, 5.74) is 30.3. The van der Waals surface area contributed by atoms with Crippen molar-refractivity contribution in [2.45, 2.75) is 5.79 Å². The zero-order chi connectivity index (χ0) is 7.65. The molecular weight excluding hydrogens is 120 g/mol. The van der Waals surface area contributed by atoms with Crippen LogP contribution in [0.5, 0.6) is 0 Å². The first-order chi connectivity index (χ1) is 3.85. The maximum Gasteiger partial charge on any atom is 0.161 e. The van der Waals surface area contributed by atoms with Gasteiger partial charge in [0.1, 0.15) is 5.82 Å². The van der Waals surface area contributed by atoms with E-state index in [1.54, 1.807) is 0 Å². The highest BCUT2D eigenvalue weighted by molar-refractivity contribution is 5.14. The summed E-state index contributed by atoms with van der Waals surface area (Å²) in [4.78, 5) is 0. The average Bonchev–Trinajstić information content (AvgIpc) is 1.62. The van der Waals surface area contributed by atoms with Gasteiger partial charge in [0.15, 0.2) is 5.79 Å². The van der Waals surface area contributed by atoms with Gasteiger partial charge in [-0.1, -0.05) is 0 Å². The lowest BCUT2D eigenvalue weighted by molar-refractivity contribution is 0.531. The summed E-state index contributed by atoms with van der Waals surface area (Å²) in [5.74, 6) is -1.76. The first-order valence-electron chi connectivity index (χ1n) is 2.23. The smallest absolute Gasteiger partial charge is 0.161 e. The highest BCUT2D eigenvalue weighted by Crippen LogP contribution is 1.90. The minimum Gasteiger partial charge on any atom is -0.395 e. The van der Waals surface area contributed by atoms with E-state index in [1.807, 2.05) is 0 Å². The topological polar surface area (TPSA) is 156 Å². The van der Waals surface area contributed by atoms with Crippen LogP contribution >= 0.6 is 0 Å². The summed E-state index contributed by atoms with van der Waals surface area (Å²) in [6, 6.07) is 0. The second-order valence-electron chi connectivity index (χ2n) is 1.80. The Hall–Kier alpha value is -0.980. The fourth-order valence-corrected chi connectivity index (χ4v) is 0.250. The highest BCUT2D eigenvalue weighted by Gasteiger charge is 2.17. The van der Waals surface area contributed by atoms with E-state index in [4.69, 9.17) is 34.4 Å². The summed E-state index contributed by atoms with van der Waals surface area (Å²) < 4.78 is 0. The molecule has 0 unspecified atom stereocenters. The van der Waals surface area contributed by atoms with Crippen molar-refractivity contribution in [3.05, 3.63) is 11.5 Å². The molecule has 6 heteroatoms. The van der Waals surface area contributed by atoms with Gasteiger partial charge in [0.05, 0.1) is 5.70 Å². The average molecular weight is 132 g/mol. The molecular formula is C3H12N6. The van der Waals surface area contributed by atoms with Crippen molar-refractivity contribution < 1.29 is 0 Å². The van der Waals surface area contributed by atoms with Gasteiger partial charge in [-0.05, 0) is 0 Å². The van der Waals surface area contributed by atoms with Crippen LogP contribution in [0.1, 0.15) is 0 Å². The molecule has 0 radical (unpaired) electrons. The largest absolute Gasteiger partial charge is 0.395 e. The fourth-order valence-electron chi connectivity index (χ4n) is 0.250. The Bertz CT molecular complexity index is 126. The molecule has 6 nitrogen and oxygen atoms in total. The number of hydrogen-bond acceptors (Lipinski definition) is 6. The van der Waals surface area contributed by atoms with Crippen molar-refractivity contribution in [3.63, 3.8) is 0 Å². The zero-order valence-electron chi connectivity index (χ0n) is 4.96. The maximum absolute atomic E-state index is 5.15. The van der Waals surface area contributed by atoms with Gasteiger partial charge < -0.3 is 17.2 Å². The van der Waals surface area contributed by atoms with Gasteiger partial charge in [0.2, 0.25) is 0 Å². The molecule has 0 bridgehead atoms. The van der Waals surface area contributed by atoms with Crippen LogP contribution in [0.15, 0.2) is 11.5 Å². The second-order valence-corrected chi connectivity index (χ2v) is 1.80. The normalized spacial score (nSPS) is 11.0. The van der Waals surface area contributed by atoms with E-state index in [0.29, 0.717) is 0 Å². The van der Waals surface area contributed by atoms with E-state index in [1.165, 1.54) is 0 Å². The maximum atomic E-state index is 5.15. The van der Waals surface area contributed by atoms with Gasteiger partial charge in [-0.3, -0.25) is 17.2 Å². The Morgan fingerprint density at radius 1 is 0.889 bits per heavy atom. The molecule has 0 fully saturated rings. The minimum atomic E-state index is -1.61. The van der Waals surface area contributed by atoms with Gasteiger partial charge in [0, 0.05) is 0 Å². The summed E-state index contributed by atoms with van der Waals surface area (Å²) in [5, 5.41) is 0. The summed E-state index contributed by atoms with van der Waals surface area (Å²) in [6.07, 6.45) is 0. The predicted molar refractivity (Wildman–Crippen MR) is 34.9 cm³/mol. The molecule has 54 valence electrons. The second kappa shape index (κ2) is 2.09. The Kier molecular flexibility index (Phi) is 1.87. The summed E-state index contributed by atoms with van der Waals surface area (Å²) >= 11 is 0. The molecule has 0 aromatic carbocycles. The molecule has 0 saturated heterocycles. The third kappa shape index (κ3) is 2.17.